The van der Waals surface area contributed by atoms with Crippen LogP contribution in [0.1, 0.15) is 0 Å². The Morgan fingerprint density at radius 2 is 2.07 bits per heavy atom. The van der Waals surface area contributed by atoms with E-state index >= 15 is 0 Å². The highest BCUT2D eigenvalue weighted by Crippen LogP contribution is 2.24. The lowest BCUT2D eigenvalue weighted by Crippen LogP contribution is -2.11. The molecule has 0 spiro atoms. The van der Waals surface area contributed by atoms with Gasteiger partial charge in [-0.15, -0.1) is 0 Å². The molecule has 1 heterocycles. The predicted octanol–water partition coefficient (Wildman–Crippen LogP) is 1.58. The summed E-state index contributed by atoms with van der Waals surface area (Å²) in [5, 5.41) is 5.65. The van der Waals surface area contributed by atoms with Crippen LogP contribution in [0.25, 0.3) is 10.9 Å². The largest absolute Gasteiger partial charge is 0.360 e. The number of rotatable bonds is 1. The van der Waals surface area contributed by atoms with Crippen molar-refractivity contribution in [1.82, 2.24) is 4.98 Å². The van der Waals surface area contributed by atoms with Crippen molar-refractivity contribution in [2.45, 2.75) is 4.90 Å². The topological polar surface area (TPSA) is 76.0 Å². The molecule has 0 radical (unpaired) electrons. The molecule has 0 aliphatic carbocycles. The number of H-pyrrole nitrogens is 1. The van der Waals surface area contributed by atoms with E-state index in [1.165, 1.54) is 6.20 Å². The molecule has 0 bridgehead atoms. The number of nitrogens with one attached hydrogen (secondary N) is 1. The second-order valence-electron chi connectivity index (χ2n) is 2.89. The molecule has 6 heteroatoms. The van der Waals surface area contributed by atoms with Gasteiger partial charge in [-0.2, -0.15) is 0 Å². The number of aromatic nitrogens is 1. The van der Waals surface area contributed by atoms with Crippen LogP contribution < -0.4 is 5.14 Å². The molecule has 0 saturated carbocycles. The Labute approximate surface area is 89.3 Å². The first-order valence-corrected chi connectivity index (χ1v) is 6.12. The molecule has 2 rings (SSSR count). The van der Waals surface area contributed by atoms with E-state index in [4.69, 9.17) is 5.14 Å². The van der Waals surface area contributed by atoms with Gasteiger partial charge in [0.15, 0.2) is 0 Å². The first-order chi connectivity index (χ1) is 6.48. The molecule has 1 aromatic carbocycles. The van der Waals surface area contributed by atoms with Crippen LogP contribution in [0.15, 0.2) is 33.8 Å². The summed E-state index contributed by atoms with van der Waals surface area (Å²) in [6.07, 6.45) is 1.40. The summed E-state index contributed by atoms with van der Waals surface area (Å²) in [4.78, 5) is 2.97. The minimum atomic E-state index is -3.65. The summed E-state index contributed by atoms with van der Waals surface area (Å²) < 4.78 is 23.2. The summed E-state index contributed by atoms with van der Waals surface area (Å²) in [6, 6.07) is 5.27. The van der Waals surface area contributed by atoms with Gasteiger partial charge in [-0.1, -0.05) is 22.0 Å². The number of benzene rings is 1. The minimum absolute atomic E-state index is 0.125. The zero-order valence-electron chi connectivity index (χ0n) is 6.99. The number of hydrogen-bond donors (Lipinski definition) is 2. The highest BCUT2D eigenvalue weighted by molar-refractivity contribution is 9.10. The van der Waals surface area contributed by atoms with E-state index in [2.05, 4.69) is 20.9 Å². The lowest BCUT2D eigenvalue weighted by molar-refractivity contribution is 0.598. The molecule has 14 heavy (non-hydrogen) atoms. The molecule has 0 unspecified atom stereocenters. The fourth-order valence-corrected chi connectivity index (χ4v) is 2.38. The van der Waals surface area contributed by atoms with Crippen LogP contribution in [0.3, 0.4) is 0 Å². The Hall–Kier alpha value is -0.850. The van der Waals surface area contributed by atoms with E-state index in [0.29, 0.717) is 5.39 Å². The van der Waals surface area contributed by atoms with Crippen molar-refractivity contribution in [2.24, 2.45) is 5.14 Å². The van der Waals surface area contributed by atoms with Gasteiger partial charge in [-0.05, 0) is 12.1 Å². The fourth-order valence-electron chi connectivity index (χ4n) is 1.31. The Morgan fingerprint density at radius 3 is 2.71 bits per heavy atom. The molecule has 3 N–H and O–H groups in total. The molecule has 0 saturated heterocycles. The highest BCUT2D eigenvalue weighted by atomic mass is 79.9. The van der Waals surface area contributed by atoms with Crippen LogP contribution in [-0.4, -0.2) is 13.4 Å². The second kappa shape index (κ2) is 3.08. The zero-order chi connectivity index (χ0) is 10.3. The Balaban J connectivity index is 2.83. The SMILES string of the molecule is NS(=O)(=O)c1c[nH]c2cc(Br)ccc12. The van der Waals surface area contributed by atoms with Crippen LogP contribution in [0, 0.1) is 0 Å². The van der Waals surface area contributed by atoms with E-state index < -0.39 is 10.0 Å². The van der Waals surface area contributed by atoms with Gasteiger partial charge in [0.25, 0.3) is 0 Å². The predicted molar refractivity (Wildman–Crippen MR) is 57.4 cm³/mol. The fraction of sp³-hybridized carbons (Fsp3) is 0. The van der Waals surface area contributed by atoms with Crippen molar-refractivity contribution >= 4 is 36.9 Å². The number of hydrogen-bond acceptors (Lipinski definition) is 2. The van der Waals surface area contributed by atoms with Gasteiger partial charge in [0.05, 0.1) is 0 Å². The van der Waals surface area contributed by atoms with Gasteiger partial charge in [0.1, 0.15) is 4.90 Å². The van der Waals surface area contributed by atoms with E-state index in [9.17, 15) is 8.42 Å². The highest BCUT2D eigenvalue weighted by Gasteiger charge is 2.13. The summed E-state index contributed by atoms with van der Waals surface area (Å²) in [6.45, 7) is 0. The molecule has 4 nitrogen and oxygen atoms in total. The quantitative estimate of drug-likeness (QED) is 0.829. The number of nitrogens with two attached hydrogens (primary N) is 1. The summed E-state index contributed by atoms with van der Waals surface area (Å²) in [5.74, 6) is 0. The van der Waals surface area contributed by atoms with Crippen LogP contribution >= 0.6 is 15.9 Å². The number of primary sulfonamides is 1. The molecule has 0 atom stereocenters. The average Bonchev–Trinajstić information content (AvgIpc) is 2.45. The van der Waals surface area contributed by atoms with Crippen molar-refractivity contribution in [1.29, 1.82) is 0 Å². The summed E-state index contributed by atoms with van der Waals surface area (Å²) >= 11 is 3.29. The number of aromatic amines is 1. The summed E-state index contributed by atoms with van der Waals surface area (Å²) in [5.41, 5.74) is 0.739. The molecule has 74 valence electrons. The van der Waals surface area contributed by atoms with Crippen molar-refractivity contribution in [3.05, 3.63) is 28.9 Å². The van der Waals surface area contributed by atoms with E-state index in [1.807, 2.05) is 0 Å². The number of halogens is 1. The first-order valence-electron chi connectivity index (χ1n) is 3.78. The van der Waals surface area contributed by atoms with Gasteiger partial charge < -0.3 is 4.98 Å². The standard InChI is InChI=1S/C8H7BrN2O2S/c9-5-1-2-6-7(3-5)11-4-8(6)14(10,12)13/h1-4,11H,(H2,10,12,13). The zero-order valence-corrected chi connectivity index (χ0v) is 9.39. The first kappa shape index (κ1) is 9.70. The van der Waals surface area contributed by atoms with Gasteiger partial charge in [0.2, 0.25) is 10.0 Å². The van der Waals surface area contributed by atoms with Crippen LogP contribution in [0.2, 0.25) is 0 Å². The number of sulfonamides is 1. The second-order valence-corrected chi connectivity index (χ2v) is 5.33. The molecule has 0 aliphatic rings. The van der Waals surface area contributed by atoms with E-state index in [0.717, 1.165) is 9.99 Å². The van der Waals surface area contributed by atoms with Crippen LogP contribution in [0.4, 0.5) is 0 Å². The van der Waals surface area contributed by atoms with Gasteiger partial charge in [0, 0.05) is 21.6 Å². The smallest absolute Gasteiger partial charge is 0.240 e. The molecular formula is C8H7BrN2O2S. The molecule has 2 aromatic rings. The van der Waals surface area contributed by atoms with Crippen molar-refractivity contribution in [2.75, 3.05) is 0 Å². The van der Waals surface area contributed by atoms with E-state index in [-0.39, 0.29) is 4.90 Å². The number of fused-ring (bicyclic) bond motifs is 1. The van der Waals surface area contributed by atoms with Crippen molar-refractivity contribution in [3.63, 3.8) is 0 Å². The lowest BCUT2D eigenvalue weighted by atomic mass is 10.2. The minimum Gasteiger partial charge on any atom is -0.360 e. The monoisotopic (exact) mass is 274 g/mol. The van der Waals surface area contributed by atoms with Crippen molar-refractivity contribution < 1.29 is 8.42 Å². The Bertz CT molecular complexity index is 588. The van der Waals surface area contributed by atoms with E-state index in [1.54, 1.807) is 18.2 Å². The Kier molecular flexibility index (Phi) is 2.13. The van der Waals surface area contributed by atoms with Crippen molar-refractivity contribution in [3.8, 4) is 0 Å². The lowest BCUT2D eigenvalue weighted by Gasteiger charge is -1.95. The summed E-state index contributed by atoms with van der Waals surface area (Å²) in [7, 11) is -3.65. The molecule has 0 amide bonds. The molecule has 1 aromatic heterocycles. The maximum Gasteiger partial charge on any atom is 0.240 e. The normalized spacial score (nSPS) is 12.1. The van der Waals surface area contributed by atoms with Gasteiger partial charge in [-0.25, -0.2) is 13.6 Å². The molecule has 0 aliphatic heterocycles. The maximum absolute atomic E-state index is 11.1. The molecular weight excluding hydrogens is 268 g/mol. The maximum atomic E-state index is 11.1. The third-order valence-corrected chi connectivity index (χ3v) is 3.36. The third-order valence-electron chi connectivity index (χ3n) is 1.91. The van der Waals surface area contributed by atoms with Gasteiger partial charge >= 0.3 is 0 Å². The van der Waals surface area contributed by atoms with Crippen LogP contribution in [0.5, 0.6) is 0 Å². The average molecular weight is 275 g/mol. The van der Waals surface area contributed by atoms with Gasteiger partial charge in [-0.3, -0.25) is 0 Å². The van der Waals surface area contributed by atoms with Crippen LogP contribution in [-0.2, 0) is 10.0 Å². The molecule has 0 fully saturated rings. The third kappa shape index (κ3) is 1.56. The Morgan fingerprint density at radius 1 is 1.36 bits per heavy atom.